The lowest BCUT2D eigenvalue weighted by molar-refractivity contribution is -0.119. The third kappa shape index (κ3) is 5.87. The highest BCUT2D eigenvalue weighted by molar-refractivity contribution is 5.86. The monoisotopic (exact) mass is 723 g/mol. The van der Waals surface area contributed by atoms with Gasteiger partial charge >= 0.3 is 0 Å². The van der Waals surface area contributed by atoms with E-state index in [-0.39, 0.29) is 28.4 Å². The van der Waals surface area contributed by atoms with Crippen molar-refractivity contribution in [3.63, 3.8) is 0 Å². The number of anilines is 4. The van der Waals surface area contributed by atoms with Crippen molar-refractivity contribution in [3.8, 4) is 28.0 Å². The standard InChI is InChI=1S/C23H19F5N2O.C15H13F2N3O/c1-3-9-5-11-12-6-10(4-2)16(30)8-14(12)22(13(11)7-15(9)29)31-23-20(27)18(25)17(24)19(26)21(23)28;1-6(21)20-15-9-2-7(18)4-11(16)13(9)14-10(15)3-8(19)5-12(14)17/h5-8,22H,3-4,29-30H2,1-2H3;2-5,15H,18-19H2,1H3,(H,20,21). The van der Waals surface area contributed by atoms with Crippen LogP contribution in [0.25, 0.3) is 22.3 Å². The first-order valence-electron chi connectivity index (χ1n) is 16.1. The topological polar surface area (TPSA) is 142 Å². The van der Waals surface area contributed by atoms with Crippen molar-refractivity contribution in [3.05, 3.63) is 123 Å². The van der Waals surface area contributed by atoms with E-state index in [1.54, 1.807) is 12.1 Å². The molecule has 270 valence electrons. The number of rotatable bonds is 5. The molecular formula is C38H32F7N5O2. The lowest BCUT2D eigenvalue weighted by Gasteiger charge is -2.19. The fourth-order valence-corrected chi connectivity index (χ4v) is 6.78. The molecule has 7 rings (SSSR count). The molecule has 0 aliphatic heterocycles. The minimum Gasteiger partial charge on any atom is -0.475 e. The smallest absolute Gasteiger partial charge is 0.217 e. The zero-order valence-corrected chi connectivity index (χ0v) is 28.0. The van der Waals surface area contributed by atoms with Crippen molar-refractivity contribution in [1.82, 2.24) is 5.32 Å². The summed E-state index contributed by atoms with van der Waals surface area (Å²) in [7, 11) is 0. The van der Waals surface area contributed by atoms with Gasteiger partial charge in [0.15, 0.2) is 11.9 Å². The zero-order chi connectivity index (χ0) is 37.9. The number of nitrogen functional groups attached to an aromatic ring is 4. The number of hydrogen-bond acceptors (Lipinski definition) is 6. The van der Waals surface area contributed by atoms with Crippen molar-refractivity contribution in [2.45, 2.75) is 45.8 Å². The molecule has 9 N–H and O–H groups in total. The summed E-state index contributed by atoms with van der Waals surface area (Å²) in [5, 5.41) is 2.68. The molecule has 0 aromatic heterocycles. The number of halogens is 7. The molecule has 0 unspecified atom stereocenters. The Morgan fingerprint density at radius 3 is 1.40 bits per heavy atom. The number of benzene rings is 5. The van der Waals surface area contributed by atoms with Crippen molar-refractivity contribution in [2.24, 2.45) is 0 Å². The first-order chi connectivity index (χ1) is 24.6. The van der Waals surface area contributed by atoms with Crippen molar-refractivity contribution in [1.29, 1.82) is 0 Å². The van der Waals surface area contributed by atoms with Gasteiger partial charge in [-0.2, -0.15) is 8.78 Å². The highest BCUT2D eigenvalue weighted by atomic mass is 19.2. The SMILES string of the molecule is CC(=O)NC1c2cc(N)cc(F)c2-c2c(F)cc(N)cc21.CCc1cc2c(cc1N)C(Oc1c(F)c(F)c(F)c(F)c1F)c1cc(N)c(CC)cc1-2. The van der Waals surface area contributed by atoms with Crippen molar-refractivity contribution in [2.75, 3.05) is 22.9 Å². The quantitative estimate of drug-likeness (QED) is 0.0536. The molecule has 1 amide bonds. The van der Waals surface area contributed by atoms with E-state index in [0.29, 0.717) is 57.6 Å². The van der Waals surface area contributed by atoms with Gasteiger partial charge in [0.25, 0.3) is 0 Å². The number of aryl methyl sites for hydroxylation is 2. The third-order valence-electron chi connectivity index (χ3n) is 9.15. The van der Waals surface area contributed by atoms with E-state index in [0.717, 1.165) is 23.3 Å². The number of amides is 1. The fourth-order valence-electron chi connectivity index (χ4n) is 6.78. The van der Waals surface area contributed by atoms with E-state index in [1.165, 1.54) is 19.1 Å². The van der Waals surface area contributed by atoms with Gasteiger partial charge in [-0.1, -0.05) is 13.8 Å². The Balaban J connectivity index is 0.000000192. The van der Waals surface area contributed by atoms with Crippen LogP contribution in [0.4, 0.5) is 53.5 Å². The van der Waals surface area contributed by atoms with Crippen LogP contribution in [0.2, 0.25) is 0 Å². The maximum atomic E-state index is 14.3. The van der Waals surface area contributed by atoms with Crippen LogP contribution in [-0.2, 0) is 17.6 Å². The Bertz CT molecular complexity index is 2170. The maximum absolute atomic E-state index is 14.3. The van der Waals surface area contributed by atoms with Gasteiger partial charge < -0.3 is 33.0 Å². The Labute approximate surface area is 293 Å². The summed E-state index contributed by atoms with van der Waals surface area (Å²) in [6, 6.07) is 11.6. The molecular weight excluding hydrogens is 691 g/mol. The molecule has 0 bridgehead atoms. The molecule has 0 saturated carbocycles. The number of nitrogens with one attached hydrogen (secondary N) is 1. The summed E-state index contributed by atoms with van der Waals surface area (Å²) < 4.78 is 103. The Kier molecular flexibility index (Phi) is 9.20. The summed E-state index contributed by atoms with van der Waals surface area (Å²) in [5.74, 6) is -13.4. The van der Waals surface area contributed by atoms with Crippen LogP contribution in [0.1, 0.15) is 66.3 Å². The van der Waals surface area contributed by atoms with Gasteiger partial charge in [-0.05, 0) is 94.8 Å². The van der Waals surface area contributed by atoms with Crippen molar-refractivity contribution >= 4 is 28.7 Å². The van der Waals surface area contributed by atoms with Gasteiger partial charge in [-0.15, -0.1) is 0 Å². The summed E-state index contributed by atoms with van der Waals surface area (Å²) in [4.78, 5) is 11.4. The Morgan fingerprint density at radius 2 is 1.02 bits per heavy atom. The van der Waals surface area contributed by atoms with Gasteiger partial charge in [0, 0.05) is 51.9 Å². The molecule has 5 aromatic carbocycles. The number of fused-ring (bicyclic) bond motifs is 6. The van der Waals surface area contributed by atoms with Crippen LogP contribution in [0, 0.1) is 40.7 Å². The highest BCUT2D eigenvalue weighted by Gasteiger charge is 2.37. The summed E-state index contributed by atoms with van der Waals surface area (Å²) in [6.45, 7) is 5.19. The van der Waals surface area contributed by atoms with Crippen LogP contribution in [0.15, 0.2) is 48.5 Å². The van der Waals surface area contributed by atoms with Gasteiger partial charge in [0.2, 0.25) is 35.0 Å². The van der Waals surface area contributed by atoms with Gasteiger partial charge in [0.1, 0.15) is 11.6 Å². The lowest BCUT2D eigenvalue weighted by Crippen LogP contribution is -2.25. The average molecular weight is 724 g/mol. The molecule has 0 radical (unpaired) electrons. The predicted octanol–water partition coefficient (Wildman–Crippen LogP) is 8.16. The second kappa shape index (κ2) is 13.3. The number of carbonyl (C=O) groups is 1. The van der Waals surface area contributed by atoms with Gasteiger partial charge in [0.05, 0.1) is 6.04 Å². The van der Waals surface area contributed by atoms with Crippen molar-refractivity contribution < 1.29 is 40.3 Å². The normalized spacial score (nSPS) is 12.8. The molecule has 0 atom stereocenters. The fraction of sp³-hybridized carbons (Fsp3) is 0.184. The lowest BCUT2D eigenvalue weighted by atomic mass is 9.98. The van der Waals surface area contributed by atoms with E-state index >= 15 is 0 Å². The molecule has 2 aliphatic carbocycles. The van der Waals surface area contributed by atoms with Gasteiger partial charge in [-0.3, -0.25) is 4.79 Å². The van der Waals surface area contributed by atoms with Crippen LogP contribution < -0.4 is 33.0 Å². The van der Waals surface area contributed by atoms with E-state index in [2.05, 4.69) is 5.32 Å². The summed E-state index contributed by atoms with van der Waals surface area (Å²) >= 11 is 0. The predicted molar refractivity (Wildman–Crippen MR) is 184 cm³/mol. The Hall–Kier alpha value is -5.92. The number of carbonyl (C=O) groups excluding carboxylic acids is 1. The minimum atomic E-state index is -2.25. The first kappa shape index (κ1) is 35.9. The second-order valence-electron chi connectivity index (χ2n) is 12.4. The molecule has 14 heteroatoms. The molecule has 0 spiro atoms. The highest BCUT2D eigenvalue weighted by Crippen LogP contribution is 2.50. The van der Waals surface area contributed by atoms with E-state index in [9.17, 15) is 35.5 Å². The second-order valence-corrected chi connectivity index (χ2v) is 12.4. The average Bonchev–Trinajstić information content (AvgIpc) is 3.54. The number of hydrogen-bond donors (Lipinski definition) is 5. The van der Waals surface area contributed by atoms with Crippen LogP contribution in [0.3, 0.4) is 0 Å². The third-order valence-corrected chi connectivity index (χ3v) is 9.15. The molecule has 5 aromatic rings. The number of ether oxygens (including phenoxy) is 1. The first-order valence-corrected chi connectivity index (χ1v) is 16.1. The summed E-state index contributed by atoms with van der Waals surface area (Å²) in [6.07, 6.45) is 0.139. The molecule has 0 saturated heterocycles. The molecule has 7 nitrogen and oxygen atoms in total. The van der Waals surface area contributed by atoms with Crippen LogP contribution in [0.5, 0.6) is 5.75 Å². The van der Waals surface area contributed by atoms with Gasteiger partial charge in [-0.25, -0.2) is 22.0 Å². The largest absolute Gasteiger partial charge is 0.475 e. The maximum Gasteiger partial charge on any atom is 0.217 e. The minimum absolute atomic E-state index is 0.121. The van der Waals surface area contributed by atoms with E-state index < -0.39 is 58.6 Å². The molecule has 0 fully saturated rings. The summed E-state index contributed by atoms with van der Waals surface area (Å²) in [5.41, 5.74) is 30.0. The molecule has 2 aliphatic rings. The van der Waals surface area contributed by atoms with E-state index in [1.807, 2.05) is 26.0 Å². The number of nitrogens with two attached hydrogens (primary N) is 4. The van der Waals surface area contributed by atoms with E-state index in [4.69, 9.17) is 27.7 Å². The van der Waals surface area contributed by atoms with Crippen LogP contribution >= 0.6 is 0 Å². The molecule has 52 heavy (non-hydrogen) atoms. The molecule has 0 heterocycles. The van der Waals surface area contributed by atoms with Crippen LogP contribution in [-0.4, -0.2) is 5.91 Å². The zero-order valence-electron chi connectivity index (χ0n) is 28.0. The Morgan fingerprint density at radius 1 is 0.615 bits per heavy atom.